The molecule has 0 spiro atoms. The number of hydrogen-bond acceptors (Lipinski definition) is 5. The maximum atomic E-state index is 12.3. The van der Waals surface area contributed by atoms with Crippen molar-refractivity contribution in [2.45, 2.75) is 0 Å². The van der Waals surface area contributed by atoms with Gasteiger partial charge in [0.25, 0.3) is 0 Å². The fourth-order valence-electron chi connectivity index (χ4n) is 3.26. The third-order valence-corrected chi connectivity index (χ3v) is 4.83. The van der Waals surface area contributed by atoms with Crippen LogP contribution in [0.1, 0.15) is 5.56 Å². The number of fused-ring (bicyclic) bond motifs is 3. The summed E-state index contributed by atoms with van der Waals surface area (Å²) in [5, 5.41) is 11.7. The van der Waals surface area contributed by atoms with E-state index in [1.54, 1.807) is 18.2 Å². The number of benzene rings is 2. The average molecular weight is 348 g/mol. The van der Waals surface area contributed by atoms with Crippen molar-refractivity contribution in [1.82, 2.24) is 9.80 Å². The van der Waals surface area contributed by atoms with Crippen LogP contribution in [0.4, 0.5) is 0 Å². The monoisotopic (exact) mass is 348 g/mol. The molecule has 1 aliphatic heterocycles. The minimum atomic E-state index is -0.416. The van der Waals surface area contributed by atoms with Crippen molar-refractivity contribution in [3.05, 3.63) is 52.4 Å². The van der Waals surface area contributed by atoms with E-state index in [1.165, 1.54) is 6.07 Å². The number of hydrogen-bond donors (Lipinski definition) is 1. The van der Waals surface area contributed by atoms with Crippen molar-refractivity contribution in [1.29, 1.82) is 0 Å². The van der Waals surface area contributed by atoms with Crippen LogP contribution >= 0.6 is 0 Å². The van der Waals surface area contributed by atoms with Crippen molar-refractivity contribution < 1.29 is 9.52 Å². The van der Waals surface area contributed by atoms with E-state index in [9.17, 15) is 9.90 Å². The normalized spacial score (nSPS) is 15.9. The van der Waals surface area contributed by atoms with E-state index in [2.05, 4.69) is 28.7 Å². The molecule has 1 saturated heterocycles. The molecule has 1 aliphatic rings. The highest BCUT2D eigenvalue weighted by atomic mass is 16.4. The Hall–Kier alpha value is -2.81. The summed E-state index contributed by atoms with van der Waals surface area (Å²) >= 11 is 0. The Morgan fingerprint density at radius 3 is 2.62 bits per heavy atom. The van der Waals surface area contributed by atoms with Gasteiger partial charge in [0.2, 0.25) is 0 Å². The van der Waals surface area contributed by atoms with Crippen LogP contribution < -0.4 is 5.63 Å². The SMILES string of the molecule is CN1CCN(CC#Cc2ccc3c(c2)c(=O)oc2cc(O)ccc23)CC1. The topological polar surface area (TPSA) is 56.9 Å². The number of rotatable bonds is 1. The number of piperazine rings is 1. The third kappa shape index (κ3) is 3.30. The molecule has 2 heterocycles. The van der Waals surface area contributed by atoms with Gasteiger partial charge in [0, 0.05) is 48.6 Å². The Morgan fingerprint density at radius 1 is 1.04 bits per heavy atom. The molecule has 0 atom stereocenters. The molecular formula is C21H20N2O3. The molecule has 0 bridgehead atoms. The molecule has 0 unspecified atom stereocenters. The first-order valence-electron chi connectivity index (χ1n) is 8.69. The lowest BCUT2D eigenvalue weighted by atomic mass is 10.0. The Kier molecular flexibility index (Phi) is 4.37. The lowest BCUT2D eigenvalue weighted by Crippen LogP contribution is -2.44. The number of aromatic hydroxyl groups is 1. The zero-order valence-electron chi connectivity index (χ0n) is 14.7. The second-order valence-electron chi connectivity index (χ2n) is 6.71. The predicted octanol–water partition coefficient (Wildman–Crippen LogP) is 2.25. The summed E-state index contributed by atoms with van der Waals surface area (Å²) in [6.45, 7) is 4.94. The second kappa shape index (κ2) is 6.83. The standard InChI is InChI=1S/C21H20N2O3/c1-22-9-11-23(12-10-22)8-2-3-15-4-6-17-18-7-5-16(24)14-20(18)26-21(25)19(17)13-15/h4-7,13-14,24H,8-12H2,1H3. The Morgan fingerprint density at radius 2 is 1.81 bits per heavy atom. The van der Waals surface area contributed by atoms with Gasteiger partial charge in [-0.1, -0.05) is 17.9 Å². The molecule has 4 rings (SSSR count). The van der Waals surface area contributed by atoms with E-state index in [0.29, 0.717) is 11.0 Å². The van der Waals surface area contributed by atoms with Gasteiger partial charge < -0.3 is 14.4 Å². The molecule has 1 N–H and O–H groups in total. The molecule has 2 aromatic carbocycles. The Balaban J connectivity index is 1.63. The average Bonchev–Trinajstić information content (AvgIpc) is 2.63. The van der Waals surface area contributed by atoms with Gasteiger partial charge in [0.1, 0.15) is 11.3 Å². The maximum absolute atomic E-state index is 12.3. The molecule has 0 radical (unpaired) electrons. The minimum absolute atomic E-state index is 0.0754. The first-order chi connectivity index (χ1) is 12.6. The summed E-state index contributed by atoms with van der Waals surface area (Å²) in [7, 11) is 2.13. The molecule has 3 aromatic rings. The van der Waals surface area contributed by atoms with Gasteiger partial charge in [0.05, 0.1) is 11.9 Å². The number of nitrogens with zero attached hydrogens (tertiary/aromatic N) is 2. The van der Waals surface area contributed by atoms with Gasteiger partial charge in [-0.05, 0) is 31.3 Å². The van der Waals surface area contributed by atoms with Gasteiger partial charge in [-0.15, -0.1) is 0 Å². The van der Waals surface area contributed by atoms with Gasteiger partial charge in [0.15, 0.2) is 0 Å². The summed E-state index contributed by atoms with van der Waals surface area (Å²) in [5.41, 5.74) is 0.772. The van der Waals surface area contributed by atoms with Crippen LogP contribution in [0.5, 0.6) is 5.75 Å². The third-order valence-electron chi connectivity index (χ3n) is 4.83. The first kappa shape index (κ1) is 16.6. The number of likely N-dealkylation sites (N-methyl/N-ethyl adjacent to an activating group) is 1. The van der Waals surface area contributed by atoms with Gasteiger partial charge in [-0.25, -0.2) is 4.79 Å². The molecule has 0 amide bonds. The van der Waals surface area contributed by atoms with Crippen molar-refractivity contribution in [3.8, 4) is 17.6 Å². The van der Waals surface area contributed by atoms with E-state index < -0.39 is 5.63 Å². The van der Waals surface area contributed by atoms with E-state index in [-0.39, 0.29) is 5.75 Å². The maximum Gasteiger partial charge on any atom is 0.344 e. The number of phenols is 1. The molecule has 1 aromatic heterocycles. The number of phenolic OH excluding ortho intramolecular Hbond substituents is 1. The highest BCUT2D eigenvalue weighted by Gasteiger charge is 2.12. The predicted molar refractivity (Wildman–Crippen MR) is 102 cm³/mol. The van der Waals surface area contributed by atoms with Crippen LogP contribution in [0, 0.1) is 11.8 Å². The van der Waals surface area contributed by atoms with E-state index in [1.807, 2.05) is 12.1 Å². The quantitative estimate of drug-likeness (QED) is 0.415. The van der Waals surface area contributed by atoms with Crippen LogP contribution in [0.2, 0.25) is 0 Å². The molecule has 0 saturated carbocycles. The summed E-state index contributed by atoms with van der Waals surface area (Å²) in [6.07, 6.45) is 0. The summed E-state index contributed by atoms with van der Waals surface area (Å²) in [6, 6.07) is 10.4. The van der Waals surface area contributed by atoms with Crippen LogP contribution in [-0.4, -0.2) is 54.7 Å². The molecule has 5 heteroatoms. The van der Waals surface area contributed by atoms with Crippen molar-refractivity contribution in [2.24, 2.45) is 0 Å². The largest absolute Gasteiger partial charge is 0.508 e. The smallest absolute Gasteiger partial charge is 0.344 e. The van der Waals surface area contributed by atoms with Gasteiger partial charge >= 0.3 is 5.63 Å². The molecule has 0 aliphatic carbocycles. The highest BCUT2D eigenvalue weighted by Crippen LogP contribution is 2.26. The van der Waals surface area contributed by atoms with Crippen LogP contribution in [0.25, 0.3) is 21.7 Å². The van der Waals surface area contributed by atoms with Crippen LogP contribution in [0.15, 0.2) is 45.6 Å². The van der Waals surface area contributed by atoms with E-state index >= 15 is 0 Å². The molecule has 5 nitrogen and oxygen atoms in total. The second-order valence-corrected chi connectivity index (χ2v) is 6.71. The fraction of sp³-hybridized carbons (Fsp3) is 0.286. The van der Waals surface area contributed by atoms with Crippen molar-refractivity contribution in [3.63, 3.8) is 0 Å². The van der Waals surface area contributed by atoms with Crippen molar-refractivity contribution in [2.75, 3.05) is 39.8 Å². The zero-order chi connectivity index (χ0) is 18.1. The lowest BCUT2D eigenvalue weighted by Gasteiger charge is -2.30. The highest BCUT2D eigenvalue weighted by molar-refractivity contribution is 6.04. The molecule has 26 heavy (non-hydrogen) atoms. The van der Waals surface area contributed by atoms with Crippen LogP contribution in [-0.2, 0) is 0 Å². The first-order valence-corrected chi connectivity index (χ1v) is 8.69. The van der Waals surface area contributed by atoms with Gasteiger partial charge in [-0.3, -0.25) is 4.90 Å². The van der Waals surface area contributed by atoms with Crippen LogP contribution in [0.3, 0.4) is 0 Å². The van der Waals surface area contributed by atoms with E-state index in [4.69, 9.17) is 4.42 Å². The Bertz CT molecular complexity index is 1080. The van der Waals surface area contributed by atoms with Gasteiger partial charge in [-0.2, -0.15) is 0 Å². The zero-order valence-corrected chi connectivity index (χ0v) is 14.7. The molecule has 1 fully saturated rings. The molecule has 132 valence electrons. The molecular weight excluding hydrogens is 328 g/mol. The fourth-order valence-corrected chi connectivity index (χ4v) is 3.26. The lowest BCUT2D eigenvalue weighted by molar-refractivity contribution is 0.168. The van der Waals surface area contributed by atoms with E-state index in [0.717, 1.165) is 49.1 Å². The van der Waals surface area contributed by atoms with Crippen molar-refractivity contribution >= 4 is 21.7 Å². The minimum Gasteiger partial charge on any atom is -0.508 e. The Labute approximate surface area is 151 Å². The summed E-state index contributed by atoms with van der Waals surface area (Å²) in [4.78, 5) is 17.0. The summed E-state index contributed by atoms with van der Waals surface area (Å²) < 4.78 is 5.34. The summed E-state index contributed by atoms with van der Waals surface area (Å²) in [5.74, 6) is 6.44.